The van der Waals surface area contributed by atoms with Crippen molar-refractivity contribution in [2.45, 2.75) is 97.3 Å². The van der Waals surface area contributed by atoms with Gasteiger partial charge < -0.3 is 15.3 Å². The van der Waals surface area contributed by atoms with E-state index in [0.717, 1.165) is 42.7 Å². The topological polar surface area (TPSA) is 107 Å². The van der Waals surface area contributed by atoms with Crippen molar-refractivity contribution in [2.75, 3.05) is 11.9 Å². The zero-order chi connectivity index (χ0) is 28.5. The Morgan fingerprint density at radius 1 is 1.24 bits per heavy atom. The van der Waals surface area contributed by atoms with Crippen molar-refractivity contribution < 1.29 is 28.0 Å². The highest BCUT2D eigenvalue weighted by Gasteiger charge is 2.23. The van der Waals surface area contributed by atoms with Gasteiger partial charge >= 0.3 is 5.91 Å². The van der Waals surface area contributed by atoms with Crippen molar-refractivity contribution in [2.24, 2.45) is 0 Å². The summed E-state index contributed by atoms with van der Waals surface area (Å²) in [5.41, 5.74) is 0.960. The number of thiazole rings is 1. The lowest BCUT2D eigenvalue weighted by atomic mass is 10.1. The van der Waals surface area contributed by atoms with Gasteiger partial charge in [0.2, 0.25) is 6.41 Å². The van der Waals surface area contributed by atoms with Crippen molar-refractivity contribution >= 4 is 29.5 Å². The summed E-state index contributed by atoms with van der Waals surface area (Å²) in [4.78, 5) is 31.8. The van der Waals surface area contributed by atoms with Crippen LogP contribution in [0.2, 0.25) is 0 Å². The highest BCUT2D eigenvalue weighted by atomic mass is 32.1. The zero-order valence-electron chi connectivity index (χ0n) is 22.6. The number of hydrogen-bond acceptors (Lipinski definition) is 7. The largest absolute Gasteiger partial charge is 0.393 e. The van der Waals surface area contributed by atoms with Gasteiger partial charge in [-0.15, -0.1) is 11.3 Å². The highest BCUT2D eigenvalue weighted by Crippen LogP contribution is 2.37. The van der Waals surface area contributed by atoms with Gasteiger partial charge in [0.1, 0.15) is 5.82 Å². The summed E-state index contributed by atoms with van der Waals surface area (Å²) in [5.74, 6) is -0.683. The number of likely N-dealkylation sites (tertiary alicyclic amines) is 1. The summed E-state index contributed by atoms with van der Waals surface area (Å²) in [6.07, 6.45) is 6.49. The van der Waals surface area contributed by atoms with Crippen molar-refractivity contribution in [1.82, 2.24) is 20.4 Å². The van der Waals surface area contributed by atoms with Crippen LogP contribution in [0.4, 0.5) is 19.1 Å². The second-order valence-corrected chi connectivity index (χ2v) is 11.5. The number of anilines is 1. The summed E-state index contributed by atoms with van der Waals surface area (Å²) >= 11 is 0.839. The molecule has 1 saturated heterocycles. The molecule has 8 nitrogen and oxygen atoms in total. The van der Waals surface area contributed by atoms with Crippen LogP contribution in [0, 0.1) is 6.92 Å². The third-order valence-electron chi connectivity index (χ3n) is 6.06. The van der Waals surface area contributed by atoms with Gasteiger partial charge in [0.05, 0.1) is 16.7 Å². The molecule has 2 aliphatic rings. The van der Waals surface area contributed by atoms with E-state index >= 15 is 0 Å². The minimum absolute atomic E-state index is 0.0463. The van der Waals surface area contributed by atoms with E-state index in [1.165, 1.54) is 37.9 Å². The number of amides is 2. The highest BCUT2D eigenvalue weighted by molar-refractivity contribution is 7.17. The number of nitrogens with zero attached hydrogens (tertiary/aromatic N) is 3. The lowest BCUT2D eigenvalue weighted by molar-refractivity contribution is -0.118. The van der Waals surface area contributed by atoms with E-state index in [2.05, 4.69) is 22.2 Å². The fourth-order valence-corrected chi connectivity index (χ4v) is 5.08. The van der Waals surface area contributed by atoms with Gasteiger partial charge in [0, 0.05) is 35.4 Å². The SMILES string of the molecule is CC1CCCN1C=O.Cc1nc(C(=O)NF)sc1-c1cnc(NC(C)(C)C)cc1C(F)F.OC1CCCC1. The molecule has 1 saturated carbocycles. The molecule has 3 heterocycles. The predicted octanol–water partition coefficient (Wildman–Crippen LogP) is 5.82. The van der Waals surface area contributed by atoms with Gasteiger partial charge in [-0.1, -0.05) is 17.3 Å². The molecule has 1 aliphatic heterocycles. The number of aliphatic hydroxyl groups excluding tert-OH is 1. The third-order valence-corrected chi connectivity index (χ3v) is 7.25. The molecule has 0 radical (unpaired) electrons. The van der Waals surface area contributed by atoms with Crippen LogP contribution in [-0.4, -0.2) is 56.5 Å². The Morgan fingerprint density at radius 2 is 1.89 bits per heavy atom. The molecular weight excluding hydrogens is 519 g/mol. The van der Waals surface area contributed by atoms with Gasteiger partial charge in [0.25, 0.3) is 6.43 Å². The molecule has 38 heavy (non-hydrogen) atoms. The molecule has 1 unspecified atom stereocenters. The van der Waals surface area contributed by atoms with Gasteiger partial charge in [-0.05, 0) is 66.4 Å². The average molecular weight is 558 g/mol. The quantitative estimate of drug-likeness (QED) is 0.316. The molecule has 2 aromatic heterocycles. The van der Waals surface area contributed by atoms with Crippen LogP contribution >= 0.6 is 11.3 Å². The Bertz CT molecular complexity index is 1060. The van der Waals surface area contributed by atoms with E-state index in [1.54, 1.807) is 6.92 Å². The van der Waals surface area contributed by atoms with Gasteiger partial charge in [0.15, 0.2) is 5.01 Å². The van der Waals surface area contributed by atoms with Crippen LogP contribution in [0.3, 0.4) is 0 Å². The number of hydrogen-bond donors (Lipinski definition) is 3. The number of carbonyl (C=O) groups is 2. The van der Waals surface area contributed by atoms with Crippen LogP contribution in [0.15, 0.2) is 12.3 Å². The molecular formula is C26H38F3N5O3S. The number of carbonyl (C=O) groups excluding carboxylic acids is 2. The van der Waals surface area contributed by atoms with E-state index in [-0.39, 0.29) is 27.8 Å². The molecule has 0 aromatic carbocycles. The maximum Gasteiger partial charge on any atom is 0.307 e. The second-order valence-electron chi connectivity index (χ2n) is 10.5. The van der Waals surface area contributed by atoms with Crippen LogP contribution in [0.5, 0.6) is 0 Å². The minimum Gasteiger partial charge on any atom is -0.393 e. The number of pyridine rings is 1. The molecule has 1 atom stereocenters. The van der Waals surface area contributed by atoms with Crippen molar-refractivity contribution in [3.8, 4) is 10.4 Å². The first-order chi connectivity index (χ1) is 17.9. The first-order valence-corrected chi connectivity index (χ1v) is 13.5. The number of rotatable bonds is 5. The van der Waals surface area contributed by atoms with E-state index in [0.29, 0.717) is 22.4 Å². The molecule has 4 rings (SSSR count). The fourth-order valence-electron chi connectivity index (χ4n) is 4.09. The van der Waals surface area contributed by atoms with Crippen molar-refractivity contribution in [1.29, 1.82) is 0 Å². The summed E-state index contributed by atoms with van der Waals surface area (Å²) in [6.45, 7) is 10.3. The summed E-state index contributed by atoms with van der Waals surface area (Å²) in [6, 6.07) is 1.77. The molecule has 12 heteroatoms. The Labute approximate surface area is 226 Å². The lowest BCUT2D eigenvalue weighted by Crippen LogP contribution is -2.26. The number of nitrogens with one attached hydrogen (secondary N) is 2. The fraction of sp³-hybridized carbons (Fsp3) is 0.615. The maximum absolute atomic E-state index is 13.5. The molecule has 0 spiro atoms. The smallest absolute Gasteiger partial charge is 0.307 e. The minimum atomic E-state index is -2.73. The zero-order valence-corrected chi connectivity index (χ0v) is 23.4. The van der Waals surface area contributed by atoms with E-state index in [1.807, 2.05) is 25.7 Å². The first kappa shape index (κ1) is 31.5. The molecule has 212 valence electrons. The number of halogens is 3. The predicted molar refractivity (Wildman–Crippen MR) is 143 cm³/mol. The van der Waals surface area contributed by atoms with Crippen LogP contribution < -0.4 is 10.9 Å². The summed E-state index contributed by atoms with van der Waals surface area (Å²) in [7, 11) is 0. The number of aliphatic hydroxyl groups is 1. The standard InChI is InChI=1S/C15H17F3N4OS.C6H11NO.C5H10O/c1-7-11(24-14(20-7)13(23)22-18)9-6-19-10(21-15(2,3)4)5-8(9)12(16)17;1-6-3-2-4-7(6)5-8;6-5-3-1-2-4-5/h5-6,12H,1-4H3,(H,19,21)(H,22,23);5-6H,2-4H2,1H3;5-6H,1-4H2. The Kier molecular flexibility index (Phi) is 12.0. The number of aryl methyl sites for hydroxylation is 1. The van der Waals surface area contributed by atoms with Crippen LogP contribution in [0.25, 0.3) is 10.4 Å². The average Bonchev–Trinajstić information content (AvgIpc) is 3.59. The van der Waals surface area contributed by atoms with E-state index < -0.39 is 12.3 Å². The molecule has 1 aliphatic carbocycles. The van der Waals surface area contributed by atoms with Crippen LogP contribution in [-0.2, 0) is 4.79 Å². The van der Waals surface area contributed by atoms with Gasteiger partial charge in [-0.2, -0.15) is 5.54 Å². The second kappa shape index (κ2) is 14.4. The van der Waals surface area contributed by atoms with Gasteiger partial charge in [-0.3, -0.25) is 9.59 Å². The summed E-state index contributed by atoms with van der Waals surface area (Å²) < 4.78 is 39.2. The van der Waals surface area contributed by atoms with Crippen LogP contribution in [0.1, 0.15) is 93.7 Å². The molecule has 2 fully saturated rings. The molecule has 0 bridgehead atoms. The monoisotopic (exact) mass is 557 g/mol. The van der Waals surface area contributed by atoms with Gasteiger partial charge in [-0.25, -0.2) is 18.7 Å². The molecule has 3 N–H and O–H groups in total. The normalized spacial score (nSPS) is 17.4. The Hall–Kier alpha value is -2.73. The number of aromatic nitrogens is 2. The van der Waals surface area contributed by atoms with E-state index in [9.17, 15) is 22.9 Å². The first-order valence-electron chi connectivity index (χ1n) is 12.7. The van der Waals surface area contributed by atoms with E-state index in [4.69, 9.17) is 5.11 Å². The van der Waals surface area contributed by atoms with Crippen molar-refractivity contribution in [3.05, 3.63) is 28.5 Å². The maximum atomic E-state index is 13.5. The third kappa shape index (κ3) is 9.54. The summed E-state index contributed by atoms with van der Waals surface area (Å²) in [5, 5.41) is 11.6. The number of alkyl halides is 2. The van der Waals surface area contributed by atoms with Crippen molar-refractivity contribution in [3.63, 3.8) is 0 Å². The Morgan fingerprint density at radius 3 is 2.32 bits per heavy atom. The lowest BCUT2D eigenvalue weighted by Gasteiger charge is -2.22. The Balaban J connectivity index is 0.000000291. The molecule has 2 amide bonds. The molecule has 2 aromatic rings.